The van der Waals surface area contributed by atoms with Gasteiger partial charge in [0.2, 0.25) is 0 Å². The van der Waals surface area contributed by atoms with E-state index in [0.29, 0.717) is 0 Å². The predicted molar refractivity (Wildman–Crippen MR) is 70.6 cm³/mol. The van der Waals surface area contributed by atoms with Gasteiger partial charge in [0, 0.05) is 0 Å². The summed E-state index contributed by atoms with van der Waals surface area (Å²) in [5.74, 6) is 0.975. The molecule has 0 aliphatic heterocycles. The van der Waals surface area contributed by atoms with Gasteiger partial charge in [-0.05, 0) is 37.0 Å². The van der Waals surface area contributed by atoms with E-state index in [1.165, 1.54) is 29.5 Å². The zero-order valence-corrected chi connectivity index (χ0v) is 11.4. The molecule has 0 aromatic heterocycles. The number of methoxy groups -OCH3 is 1. The summed E-state index contributed by atoms with van der Waals surface area (Å²) in [4.78, 5) is 0. The highest BCUT2D eigenvalue weighted by molar-refractivity contribution is 6.20. The fourth-order valence-electron chi connectivity index (χ4n) is 2.04. The summed E-state index contributed by atoms with van der Waals surface area (Å²) >= 11 is 6.38. The van der Waals surface area contributed by atoms with Gasteiger partial charge in [-0.2, -0.15) is 0 Å². The fourth-order valence-corrected chi connectivity index (χ4v) is 2.32. The fraction of sp³-hybridized carbons (Fsp3) is 0.571. The summed E-state index contributed by atoms with van der Waals surface area (Å²) in [6, 6.07) is 4.28. The first-order chi connectivity index (χ1) is 7.60. The first-order valence-corrected chi connectivity index (χ1v) is 6.33. The van der Waals surface area contributed by atoms with Crippen LogP contribution in [0, 0.1) is 13.8 Å². The van der Waals surface area contributed by atoms with Gasteiger partial charge in [0.25, 0.3) is 0 Å². The molecule has 0 bridgehead atoms. The molecule has 1 unspecified atom stereocenters. The Morgan fingerprint density at radius 2 is 1.81 bits per heavy atom. The lowest BCUT2D eigenvalue weighted by Gasteiger charge is -2.14. The second kappa shape index (κ2) is 6.15. The van der Waals surface area contributed by atoms with Crippen molar-refractivity contribution in [1.29, 1.82) is 0 Å². The number of alkyl halides is 1. The highest BCUT2D eigenvalue weighted by Gasteiger charge is 2.11. The van der Waals surface area contributed by atoms with E-state index < -0.39 is 0 Å². The summed E-state index contributed by atoms with van der Waals surface area (Å²) in [5.41, 5.74) is 3.55. The van der Waals surface area contributed by atoms with Gasteiger partial charge < -0.3 is 4.74 Å². The standard InChI is InChI=1S/C14H21ClO/c1-5-6-7-13(15)12-8-10(2)14(16-4)11(3)9-12/h8-9,13H,5-7H2,1-4H3. The first-order valence-electron chi connectivity index (χ1n) is 5.89. The summed E-state index contributed by atoms with van der Waals surface area (Å²) in [6.07, 6.45) is 3.42. The number of hydrogen-bond donors (Lipinski definition) is 0. The number of halogens is 1. The SMILES string of the molecule is CCCCC(Cl)c1cc(C)c(OC)c(C)c1. The maximum atomic E-state index is 6.38. The number of benzene rings is 1. The van der Waals surface area contributed by atoms with Gasteiger partial charge in [-0.3, -0.25) is 0 Å². The quantitative estimate of drug-likeness (QED) is 0.673. The molecular weight excluding hydrogens is 220 g/mol. The number of rotatable bonds is 5. The van der Waals surface area contributed by atoms with Crippen molar-refractivity contribution >= 4 is 11.6 Å². The molecule has 0 aliphatic rings. The lowest BCUT2D eigenvalue weighted by Crippen LogP contribution is -1.96. The summed E-state index contributed by atoms with van der Waals surface area (Å²) in [7, 11) is 1.71. The molecule has 90 valence electrons. The van der Waals surface area contributed by atoms with Crippen molar-refractivity contribution in [2.75, 3.05) is 7.11 Å². The van der Waals surface area contributed by atoms with Gasteiger partial charge in [-0.25, -0.2) is 0 Å². The molecule has 0 amide bonds. The van der Waals surface area contributed by atoms with Crippen LogP contribution in [0.5, 0.6) is 5.75 Å². The van der Waals surface area contributed by atoms with E-state index in [-0.39, 0.29) is 5.38 Å². The van der Waals surface area contributed by atoms with Crippen LogP contribution in [0.25, 0.3) is 0 Å². The topological polar surface area (TPSA) is 9.23 Å². The Bertz CT molecular complexity index is 324. The van der Waals surface area contributed by atoms with Crippen LogP contribution in [0.2, 0.25) is 0 Å². The molecule has 0 spiro atoms. The van der Waals surface area contributed by atoms with Crippen LogP contribution in [0.15, 0.2) is 12.1 Å². The smallest absolute Gasteiger partial charge is 0.124 e. The average molecular weight is 241 g/mol. The van der Waals surface area contributed by atoms with E-state index >= 15 is 0 Å². The van der Waals surface area contributed by atoms with Crippen LogP contribution in [0.3, 0.4) is 0 Å². The Hall–Kier alpha value is -0.690. The van der Waals surface area contributed by atoms with Gasteiger partial charge in [0.1, 0.15) is 5.75 Å². The van der Waals surface area contributed by atoms with Crippen molar-refractivity contribution in [1.82, 2.24) is 0 Å². The molecule has 0 fully saturated rings. The number of unbranched alkanes of at least 4 members (excludes halogenated alkanes) is 1. The zero-order chi connectivity index (χ0) is 12.1. The van der Waals surface area contributed by atoms with Crippen molar-refractivity contribution in [3.8, 4) is 5.75 Å². The molecule has 0 aliphatic carbocycles. The predicted octanol–water partition coefficient (Wildman–Crippen LogP) is 4.78. The molecule has 0 radical (unpaired) electrons. The third kappa shape index (κ3) is 3.15. The van der Waals surface area contributed by atoms with Crippen LogP contribution >= 0.6 is 11.6 Å². The second-order valence-electron chi connectivity index (χ2n) is 4.30. The first kappa shape index (κ1) is 13.4. The highest BCUT2D eigenvalue weighted by atomic mass is 35.5. The Labute approximate surface area is 104 Å². The van der Waals surface area contributed by atoms with Crippen LogP contribution in [0.4, 0.5) is 0 Å². The molecule has 1 nitrogen and oxygen atoms in total. The molecule has 2 heteroatoms. The number of ether oxygens (including phenoxy) is 1. The van der Waals surface area contributed by atoms with Crippen molar-refractivity contribution in [3.63, 3.8) is 0 Å². The summed E-state index contributed by atoms with van der Waals surface area (Å²) in [6.45, 7) is 6.33. The Kier molecular flexibility index (Phi) is 5.14. The molecule has 0 N–H and O–H groups in total. The highest BCUT2D eigenvalue weighted by Crippen LogP contribution is 2.32. The molecule has 1 rings (SSSR count). The molecule has 1 aromatic carbocycles. The average Bonchev–Trinajstić information content (AvgIpc) is 2.25. The lowest BCUT2D eigenvalue weighted by atomic mass is 10.0. The van der Waals surface area contributed by atoms with Gasteiger partial charge >= 0.3 is 0 Å². The van der Waals surface area contributed by atoms with Gasteiger partial charge in [0.05, 0.1) is 12.5 Å². The van der Waals surface area contributed by atoms with Gasteiger partial charge in [0.15, 0.2) is 0 Å². The molecular formula is C14H21ClO. The second-order valence-corrected chi connectivity index (χ2v) is 4.82. The summed E-state index contributed by atoms with van der Waals surface area (Å²) < 4.78 is 5.35. The molecule has 1 atom stereocenters. The van der Waals surface area contributed by atoms with Crippen LogP contribution in [-0.4, -0.2) is 7.11 Å². The van der Waals surface area contributed by atoms with Crippen molar-refractivity contribution in [3.05, 3.63) is 28.8 Å². The molecule has 0 saturated heterocycles. The van der Waals surface area contributed by atoms with E-state index in [9.17, 15) is 0 Å². The zero-order valence-electron chi connectivity index (χ0n) is 10.6. The largest absolute Gasteiger partial charge is 0.496 e. The van der Waals surface area contributed by atoms with Gasteiger partial charge in [-0.15, -0.1) is 11.6 Å². The normalized spacial score (nSPS) is 12.6. The van der Waals surface area contributed by atoms with E-state index in [1.807, 2.05) is 0 Å². The minimum atomic E-state index is 0.128. The Morgan fingerprint density at radius 1 is 1.25 bits per heavy atom. The van der Waals surface area contributed by atoms with E-state index in [0.717, 1.165) is 12.2 Å². The molecule has 0 saturated carbocycles. The molecule has 0 heterocycles. The minimum absolute atomic E-state index is 0.128. The minimum Gasteiger partial charge on any atom is -0.496 e. The Balaban J connectivity index is 2.90. The van der Waals surface area contributed by atoms with Crippen LogP contribution < -0.4 is 4.74 Å². The van der Waals surface area contributed by atoms with Crippen molar-refractivity contribution in [2.24, 2.45) is 0 Å². The van der Waals surface area contributed by atoms with Gasteiger partial charge in [-0.1, -0.05) is 31.9 Å². The van der Waals surface area contributed by atoms with Crippen molar-refractivity contribution < 1.29 is 4.74 Å². The lowest BCUT2D eigenvalue weighted by molar-refractivity contribution is 0.408. The molecule has 1 aromatic rings. The number of hydrogen-bond acceptors (Lipinski definition) is 1. The third-order valence-corrected chi connectivity index (χ3v) is 3.33. The van der Waals surface area contributed by atoms with Crippen molar-refractivity contribution in [2.45, 2.75) is 45.4 Å². The van der Waals surface area contributed by atoms with Crippen LogP contribution in [-0.2, 0) is 0 Å². The van der Waals surface area contributed by atoms with E-state index in [2.05, 4.69) is 32.9 Å². The van der Waals surface area contributed by atoms with E-state index in [4.69, 9.17) is 16.3 Å². The summed E-state index contributed by atoms with van der Waals surface area (Å²) in [5, 5.41) is 0.128. The monoisotopic (exact) mass is 240 g/mol. The number of aryl methyl sites for hydroxylation is 2. The Morgan fingerprint density at radius 3 is 2.25 bits per heavy atom. The third-order valence-electron chi connectivity index (χ3n) is 2.86. The molecule has 16 heavy (non-hydrogen) atoms. The maximum absolute atomic E-state index is 6.38. The van der Waals surface area contributed by atoms with Crippen LogP contribution in [0.1, 0.15) is 48.3 Å². The van der Waals surface area contributed by atoms with E-state index in [1.54, 1.807) is 7.11 Å². The maximum Gasteiger partial charge on any atom is 0.124 e.